The number of ether oxygens (including phenoxy) is 1. The quantitative estimate of drug-likeness (QED) is 0.472. The minimum atomic E-state index is -0.943. The fourth-order valence-electron chi connectivity index (χ4n) is 0.882. The zero-order valence-electron chi connectivity index (χ0n) is 8.35. The molecule has 1 aromatic heterocycles. The van der Waals surface area contributed by atoms with Crippen molar-refractivity contribution >= 4 is 5.97 Å². The van der Waals surface area contributed by atoms with Crippen molar-refractivity contribution in [3.8, 4) is 0 Å². The van der Waals surface area contributed by atoms with Crippen molar-refractivity contribution in [2.24, 2.45) is 0 Å². The second-order valence-electron chi connectivity index (χ2n) is 2.71. The van der Waals surface area contributed by atoms with Crippen LogP contribution in [0.25, 0.3) is 0 Å². The number of nitrogens with one attached hydrogen (secondary N) is 2. The lowest BCUT2D eigenvalue weighted by molar-refractivity contribution is -0.141. The van der Waals surface area contributed by atoms with Crippen LogP contribution in [0.4, 0.5) is 0 Å². The summed E-state index contributed by atoms with van der Waals surface area (Å²) in [6.07, 6.45) is 2.58. The minimum absolute atomic E-state index is 0.544. The van der Waals surface area contributed by atoms with Gasteiger partial charge in [0.15, 0.2) is 6.73 Å². The van der Waals surface area contributed by atoms with Crippen LogP contribution in [0.15, 0.2) is 26.5 Å². The van der Waals surface area contributed by atoms with Crippen LogP contribution in [0.1, 0.15) is 6.92 Å². The molecule has 0 atom stereocenters. The predicted molar refractivity (Wildman–Crippen MR) is 52.8 cm³/mol. The van der Waals surface area contributed by atoms with Gasteiger partial charge in [-0.2, -0.15) is 0 Å². The van der Waals surface area contributed by atoms with Gasteiger partial charge in [0.2, 0.25) is 0 Å². The van der Waals surface area contributed by atoms with Crippen molar-refractivity contribution in [2.45, 2.75) is 13.7 Å². The Labute approximate surface area is 88.2 Å². The van der Waals surface area contributed by atoms with Crippen LogP contribution in [0, 0.1) is 0 Å². The molecule has 86 valence electrons. The normalized spacial score (nSPS) is 10.6. The summed E-state index contributed by atoms with van der Waals surface area (Å²) < 4.78 is 5.11. The number of nitrogens with zero attached hydrogens (tertiary/aromatic N) is 1. The van der Waals surface area contributed by atoms with E-state index in [2.05, 4.69) is 4.74 Å². The molecule has 0 fully saturated rings. The molecule has 0 spiro atoms. The van der Waals surface area contributed by atoms with Crippen LogP contribution in [-0.2, 0) is 16.3 Å². The highest BCUT2D eigenvalue weighted by atomic mass is 16.5. The van der Waals surface area contributed by atoms with Crippen molar-refractivity contribution < 1.29 is 9.53 Å². The third kappa shape index (κ3) is 2.80. The Balaban J connectivity index is 2.91. The summed E-state index contributed by atoms with van der Waals surface area (Å²) in [4.78, 5) is 47.4. The van der Waals surface area contributed by atoms with E-state index in [1.807, 2.05) is 9.97 Å². The number of allylic oxidation sites excluding steroid dienone is 1. The first kappa shape index (κ1) is 11.7. The third-order valence-corrected chi connectivity index (χ3v) is 1.57. The van der Waals surface area contributed by atoms with Crippen molar-refractivity contribution in [1.29, 1.82) is 0 Å². The van der Waals surface area contributed by atoms with E-state index in [9.17, 15) is 19.2 Å². The summed E-state index contributed by atoms with van der Waals surface area (Å²) >= 11 is 0. The summed E-state index contributed by atoms with van der Waals surface area (Å²) in [6.45, 7) is 1.05. The Morgan fingerprint density at radius 2 is 1.88 bits per heavy atom. The van der Waals surface area contributed by atoms with Gasteiger partial charge in [0.05, 0.1) is 0 Å². The van der Waals surface area contributed by atoms with Gasteiger partial charge in [-0.15, -0.1) is 0 Å². The highest BCUT2D eigenvalue weighted by Gasteiger charge is 2.04. The molecule has 1 rings (SSSR count). The molecule has 0 saturated heterocycles. The van der Waals surface area contributed by atoms with E-state index in [1.165, 1.54) is 6.08 Å². The number of H-pyrrole nitrogens is 2. The Hall–Kier alpha value is -2.38. The largest absolute Gasteiger partial charge is 0.440 e. The second-order valence-corrected chi connectivity index (χ2v) is 2.71. The van der Waals surface area contributed by atoms with Crippen molar-refractivity contribution in [3.63, 3.8) is 0 Å². The van der Waals surface area contributed by atoms with Gasteiger partial charge in [0.1, 0.15) is 0 Å². The maximum Gasteiger partial charge on any atom is 0.336 e. The van der Waals surface area contributed by atoms with Gasteiger partial charge in [-0.3, -0.25) is 9.97 Å². The van der Waals surface area contributed by atoms with E-state index in [1.54, 1.807) is 6.92 Å². The fourth-order valence-corrected chi connectivity index (χ4v) is 0.882. The number of carbonyl (C=O) groups excluding carboxylic acids is 1. The zero-order valence-corrected chi connectivity index (χ0v) is 8.35. The molecule has 16 heavy (non-hydrogen) atoms. The van der Waals surface area contributed by atoms with E-state index >= 15 is 0 Å². The molecular weight excluding hydrogens is 218 g/mol. The molecule has 1 aromatic rings. The highest BCUT2D eigenvalue weighted by molar-refractivity contribution is 5.81. The molecule has 0 bridgehead atoms. The lowest BCUT2D eigenvalue weighted by Crippen LogP contribution is -2.43. The van der Waals surface area contributed by atoms with Crippen molar-refractivity contribution in [2.75, 3.05) is 0 Å². The molecular formula is C8H9N3O5. The van der Waals surface area contributed by atoms with Crippen molar-refractivity contribution in [3.05, 3.63) is 43.6 Å². The molecule has 1 heterocycles. The summed E-state index contributed by atoms with van der Waals surface area (Å²) in [5, 5.41) is 0. The maximum atomic E-state index is 11.1. The van der Waals surface area contributed by atoms with Crippen LogP contribution in [0.5, 0.6) is 0 Å². The van der Waals surface area contributed by atoms with Crippen LogP contribution in [0.2, 0.25) is 0 Å². The Kier molecular flexibility index (Phi) is 3.59. The monoisotopic (exact) mass is 227 g/mol. The summed E-state index contributed by atoms with van der Waals surface area (Å²) in [5.74, 6) is -0.694. The number of rotatable bonds is 3. The molecule has 0 radical (unpaired) electrons. The zero-order chi connectivity index (χ0) is 12.1. The summed E-state index contributed by atoms with van der Waals surface area (Å²) in [5.41, 5.74) is -2.80. The smallest absolute Gasteiger partial charge is 0.336 e. The number of esters is 1. The van der Waals surface area contributed by atoms with Crippen molar-refractivity contribution in [1.82, 2.24) is 14.5 Å². The third-order valence-electron chi connectivity index (χ3n) is 1.57. The maximum absolute atomic E-state index is 11.1. The van der Waals surface area contributed by atoms with Gasteiger partial charge in [-0.05, 0) is 6.92 Å². The Morgan fingerprint density at radius 3 is 2.38 bits per heavy atom. The van der Waals surface area contributed by atoms with E-state index in [-0.39, 0.29) is 0 Å². The van der Waals surface area contributed by atoms with E-state index in [4.69, 9.17) is 0 Å². The topological polar surface area (TPSA) is 114 Å². The van der Waals surface area contributed by atoms with Gasteiger partial charge in [-0.25, -0.2) is 23.7 Å². The average Bonchev–Trinajstić information content (AvgIpc) is 2.16. The molecule has 0 aromatic carbocycles. The number of aromatic amines is 2. The van der Waals surface area contributed by atoms with Gasteiger partial charge in [-0.1, -0.05) is 6.08 Å². The SMILES string of the molecule is CC=CC(=O)OCn1c(=O)[nH]c(=O)[nH]c1=O. The van der Waals surface area contributed by atoms with Gasteiger partial charge >= 0.3 is 23.0 Å². The molecule has 8 nitrogen and oxygen atoms in total. The predicted octanol–water partition coefficient (Wildman–Crippen LogP) is -1.70. The van der Waals surface area contributed by atoms with Gasteiger partial charge in [0.25, 0.3) is 0 Å². The van der Waals surface area contributed by atoms with Crippen LogP contribution < -0.4 is 17.1 Å². The molecule has 0 aliphatic rings. The highest BCUT2D eigenvalue weighted by Crippen LogP contribution is 1.82. The standard InChI is InChI=1S/C8H9N3O5/c1-2-3-5(12)16-4-11-7(14)9-6(13)10-8(11)15/h2-3H,4H2,1H3,(H2,9,10,13,14,15). The molecule has 2 N–H and O–H groups in total. The first-order valence-corrected chi connectivity index (χ1v) is 4.27. The molecule has 0 aliphatic carbocycles. The Morgan fingerprint density at radius 1 is 1.31 bits per heavy atom. The second kappa shape index (κ2) is 4.91. The first-order valence-electron chi connectivity index (χ1n) is 4.27. The van der Waals surface area contributed by atoms with Crippen LogP contribution in [-0.4, -0.2) is 20.5 Å². The molecule has 0 aliphatic heterocycles. The van der Waals surface area contributed by atoms with Gasteiger partial charge < -0.3 is 4.74 Å². The number of aromatic nitrogens is 3. The van der Waals surface area contributed by atoms with E-state index in [0.717, 1.165) is 6.08 Å². The molecule has 0 amide bonds. The van der Waals surface area contributed by atoms with E-state index in [0.29, 0.717) is 4.57 Å². The minimum Gasteiger partial charge on any atom is -0.440 e. The number of hydrogen-bond donors (Lipinski definition) is 2. The Bertz CT molecular complexity index is 542. The number of hydrogen-bond acceptors (Lipinski definition) is 5. The lowest BCUT2D eigenvalue weighted by Gasteiger charge is -2.02. The van der Waals surface area contributed by atoms with Gasteiger partial charge in [0, 0.05) is 6.08 Å². The summed E-state index contributed by atoms with van der Waals surface area (Å²) in [6, 6.07) is 0. The number of carbonyl (C=O) groups is 1. The fraction of sp³-hybridized carbons (Fsp3) is 0.250. The van der Waals surface area contributed by atoms with E-state index < -0.39 is 29.8 Å². The molecule has 0 saturated carbocycles. The van der Waals surface area contributed by atoms with Crippen LogP contribution >= 0.6 is 0 Å². The average molecular weight is 227 g/mol. The first-order chi connectivity index (χ1) is 7.54. The summed E-state index contributed by atoms with van der Waals surface area (Å²) in [7, 11) is 0. The van der Waals surface area contributed by atoms with Crippen LogP contribution in [0.3, 0.4) is 0 Å². The molecule has 0 unspecified atom stereocenters. The molecule has 8 heteroatoms. The lowest BCUT2D eigenvalue weighted by atomic mass is 10.5.